The lowest BCUT2D eigenvalue weighted by Crippen LogP contribution is -2.12. The molecular weight excluding hydrogens is 334 g/mol. The zero-order valence-corrected chi connectivity index (χ0v) is 13.1. The number of amides is 1. The first-order valence-electron chi connectivity index (χ1n) is 6.34. The van der Waals surface area contributed by atoms with Crippen molar-refractivity contribution in [3.05, 3.63) is 52.3 Å². The van der Waals surface area contributed by atoms with Crippen LogP contribution in [0.5, 0.6) is 0 Å². The smallest absolute Gasteiger partial charge is 0.293 e. The molecule has 0 unspecified atom stereocenters. The summed E-state index contributed by atoms with van der Waals surface area (Å²) < 4.78 is 6.22. The van der Waals surface area contributed by atoms with Crippen LogP contribution in [0.3, 0.4) is 0 Å². The van der Waals surface area contributed by atoms with E-state index in [1.54, 1.807) is 26.1 Å². The number of nitrogens with one attached hydrogen (secondary N) is 1. The summed E-state index contributed by atoms with van der Waals surface area (Å²) in [5.74, 6) is 0.365. The van der Waals surface area contributed by atoms with Crippen LogP contribution in [-0.4, -0.2) is 15.9 Å². The van der Waals surface area contributed by atoms with Crippen molar-refractivity contribution < 1.29 is 9.21 Å². The number of halogens is 1. The van der Waals surface area contributed by atoms with Crippen LogP contribution in [0, 0.1) is 13.8 Å². The van der Waals surface area contributed by atoms with E-state index >= 15 is 0 Å². The molecule has 0 bridgehead atoms. The summed E-state index contributed by atoms with van der Waals surface area (Å²) in [6, 6.07) is 7.55. The molecule has 0 aliphatic rings. The maximum Gasteiger partial charge on any atom is 0.293 e. The molecule has 0 saturated carbocycles. The molecule has 3 aromatic rings. The Bertz CT molecular complexity index is 842. The van der Waals surface area contributed by atoms with Gasteiger partial charge in [0.1, 0.15) is 0 Å². The zero-order valence-electron chi connectivity index (χ0n) is 11.5. The van der Waals surface area contributed by atoms with Crippen LogP contribution in [0.2, 0.25) is 0 Å². The van der Waals surface area contributed by atoms with Crippen molar-refractivity contribution in [1.82, 2.24) is 9.97 Å². The third-order valence-electron chi connectivity index (χ3n) is 3.04. The van der Waals surface area contributed by atoms with Crippen molar-refractivity contribution >= 4 is 38.4 Å². The van der Waals surface area contributed by atoms with Crippen LogP contribution in [0.4, 0.5) is 5.69 Å². The van der Waals surface area contributed by atoms with Gasteiger partial charge in [-0.2, -0.15) is 0 Å². The largest absolute Gasteiger partial charge is 0.436 e. The van der Waals surface area contributed by atoms with Gasteiger partial charge < -0.3 is 9.73 Å². The fourth-order valence-corrected chi connectivity index (χ4v) is 2.50. The summed E-state index contributed by atoms with van der Waals surface area (Å²) >= 11 is 3.38. The van der Waals surface area contributed by atoms with Crippen LogP contribution in [0.25, 0.3) is 10.9 Å². The third-order valence-corrected chi connectivity index (χ3v) is 3.47. The van der Waals surface area contributed by atoms with Gasteiger partial charge in [0.25, 0.3) is 5.91 Å². The minimum atomic E-state index is -0.328. The number of anilines is 1. The first-order chi connectivity index (χ1) is 10.0. The van der Waals surface area contributed by atoms with E-state index in [4.69, 9.17) is 4.42 Å². The minimum absolute atomic E-state index is 0.224. The highest BCUT2D eigenvalue weighted by Gasteiger charge is 2.17. The van der Waals surface area contributed by atoms with Gasteiger partial charge in [-0.15, -0.1) is 0 Å². The number of oxazole rings is 1. The number of rotatable bonds is 2. The number of pyridine rings is 1. The Morgan fingerprint density at radius 3 is 2.86 bits per heavy atom. The normalized spacial score (nSPS) is 10.8. The summed E-state index contributed by atoms with van der Waals surface area (Å²) in [4.78, 5) is 20.7. The van der Waals surface area contributed by atoms with E-state index in [0.29, 0.717) is 17.3 Å². The minimum Gasteiger partial charge on any atom is -0.436 e. The number of hydrogen-bond donors (Lipinski definition) is 1. The maximum absolute atomic E-state index is 12.3. The summed E-state index contributed by atoms with van der Waals surface area (Å²) in [6.07, 6.45) is 1.70. The van der Waals surface area contributed by atoms with Gasteiger partial charge in [0, 0.05) is 23.0 Å². The number of aryl methyl sites for hydroxylation is 2. The van der Waals surface area contributed by atoms with Gasteiger partial charge in [0.2, 0.25) is 5.76 Å². The lowest BCUT2D eigenvalue weighted by molar-refractivity contribution is 0.0994. The monoisotopic (exact) mass is 345 g/mol. The number of hydrogen-bond acceptors (Lipinski definition) is 4. The van der Waals surface area contributed by atoms with Crippen molar-refractivity contribution in [2.75, 3.05) is 5.32 Å². The number of para-hydroxylation sites is 1. The first-order valence-corrected chi connectivity index (χ1v) is 7.13. The molecule has 0 fully saturated rings. The quantitative estimate of drug-likeness (QED) is 0.765. The SMILES string of the molecule is Cc1nc(C)c(C(=O)Nc2cccc3cc(Br)cnc23)o1. The number of fused-ring (bicyclic) bond motifs is 1. The van der Waals surface area contributed by atoms with Crippen LogP contribution in [-0.2, 0) is 0 Å². The Kier molecular flexibility index (Phi) is 3.47. The highest BCUT2D eigenvalue weighted by atomic mass is 79.9. The number of aromatic nitrogens is 2. The fourth-order valence-electron chi connectivity index (χ4n) is 2.16. The predicted octanol–water partition coefficient (Wildman–Crippen LogP) is 3.85. The topological polar surface area (TPSA) is 68.0 Å². The molecule has 1 aromatic carbocycles. The van der Waals surface area contributed by atoms with Crippen LogP contribution in [0.1, 0.15) is 22.1 Å². The summed E-state index contributed by atoms with van der Waals surface area (Å²) in [5.41, 5.74) is 1.93. The van der Waals surface area contributed by atoms with Gasteiger partial charge in [0.15, 0.2) is 5.89 Å². The number of nitrogens with zero attached hydrogens (tertiary/aromatic N) is 2. The van der Waals surface area contributed by atoms with Crippen molar-refractivity contribution in [2.45, 2.75) is 13.8 Å². The second-order valence-corrected chi connectivity index (χ2v) is 5.55. The average Bonchev–Trinajstić information content (AvgIpc) is 2.77. The Morgan fingerprint density at radius 2 is 2.14 bits per heavy atom. The summed E-state index contributed by atoms with van der Waals surface area (Å²) in [6.45, 7) is 3.45. The molecule has 5 nitrogen and oxygen atoms in total. The van der Waals surface area contributed by atoms with Crippen LogP contribution >= 0.6 is 15.9 Å². The summed E-state index contributed by atoms with van der Waals surface area (Å²) in [5, 5.41) is 3.76. The standard InChI is InChI=1S/C15H12BrN3O2/c1-8-14(21-9(2)18-8)15(20)19-12-5-3-4-10-6-11(16)7-17-13(10)12/h3-7H,1-2H3,(H,19,20). The van der Waals surface area contributed by atoms with Gasteiger partial charge in [-0.1, -0.05) is 12.1 Å². The lowest BCUT2D eigenvalue weighted by atomic mass is 10.2. The second-order valence-electron chi connectivity index (χ2n) is 4.63. The second kappa shape index (κ2) is 5.29. The van der Waals surface area contributed by atoms with E-state index in [2.05, 4.69) is 31.2 Å². The fraction of sp³-hybridized carbons (Fsp3) is 0.133. The molecule has 0 saturated heterocycles. The van der Waals surface area contributed by atoms with E-state index in [-0.39, 0.29) is 11.7 Å². The van der Waals surface area contributed by atoms with Gasteiger partial charge in [-0.25, -0.2) is 4.98 Å². The Hall–Kier alpha value is -2.21. The van der Waals surface area contributed by atoms with E-state index in [1.807, 2.05) is 18.2 Å². The first kappa shape index (κ1) is 13.8. The molecule has 1 amide bonds. The highest BCUT2D eigenvalue weighted by Crippen LogP contribution is 2.24. The molecule has 1 N–H and O–H groups in total. The van der Waals surface area contributed by atoms with E-state index in [1.165, 1.54) is 0 Å². The van der Waals surface area contributed by atoms with E-state index in [9.17, 15) is 4.79 Å². The molecule has 2 aromatic heterocycles. The predicted molar refractivity (Wildman–Crippen MR) is 83.4 cm³/mol. The number of carbonyl (C=O) groups excluding carboxylic acids is 1. The van der Waals surface area contributed by atoms with Crippen LogP contribution < -0.4 is 5.32 Å². The number of carbonyl (C=O) groups is 1. The molecule has 2 heterocycles. The van der Waals surface area contributed by atoms with Gasteiger partial charge >= 0.3 is 0 Å². The lowest BCUT2D eigenvalue weighted by Gasteiger charge is -2.07. The maximum atomic E-state index is 12.3. The molecular formula is C15H12BrN3O2. The van der Waals surface area contributed by atoms with Crippen molar-refractivity contribution in [3.8, 4) is 0 Å². The molecule has 21 heavy (non-hydrogen) atoms. The van der Waals surface area contributed by atoms with Gasteiger partial charge in [0.05, 0.1) is 16.9 Å². The molecule has 0 radical (unpaired) electrons. The summed E-state index contributed by atoms with van der Waals surface area (Å²) in [7, 11) is 0. The molecule has 6 heteroatoms. The molecule has 106 valence electrons. The van der Waals surface area contributed by atoms with Gasteiger partial charge in [-0.05, 0) is 35.0 Å². The van der Waals surface area contributed by atoms with Crippen molar-refractivity contribution in [1.29, 1.82) is 0 Å². The Balaban J connectivity index is 1.98. The van der Waals surface area contributed by atoms with Crippen molar-refractivity contribution in [2.24, 2.45) is 0 Å². The van der Waals surface area contributed by atoms with Crippen LogP contribution in [0.15, 0.2) is 39.4 Å². The Labute approximate surface area is 129 Å². The van der Waals surface area contributed by atoms with E-state index in [0.717, 1.165) is 15.4 Å². The Morgan fingerprint density at radius 1 is 1.33 bits per heavy atom. The average molecular weight is 346 g/mol. The molecule has 0 atom stereocenters. The molecule has 0 aliphatic heterocycles. The zero-order chi connectivity index (χ0) is 15.0. The molecule has 3 rings (SSSR count). The highest BCUT2D eigenvalue weighted by molar-refractivity contribution is 9.10. The third kappa shape index (κ3) is 2.67. The van der Waals surface area contributed by atoms with E-state index < -0.39 is 0 Å². The number of benzene rings is 1. The molecule has 0 spiro atoms. The molecule has 0 aliphatic carbocycles. The van der Waals surface area contributed by atoms with Crippen molar-refractivity contribution in [3.63, 3.8) is 0 Å². The van der Waals surface area contributed by atoms with Gasteiger partial charge in [-0.3, -0.25) is 9.78 Å².